The molecule has 0 bridgehead atoms. The largest absolute Gasteiger partial charge is 0.465 e. The number of nitrogens with zero attached hydrogens (tertiary/aromatic N) is 2. The van der Waals surface area contributed by atoms with Crippen molar-refractivity contribution in [2.24, 2.45) is 0 Å². The number of esters is 1. The van der Waals surface area contributed by atoms with Crippen LogP contribution in [0, 0.1) is 11.3 Å². The van der Waals surface area contributed by atoms with Crippen LogP contribution in [-0.2, 0) is 4.74 Å². The predicted molar refractivity (Wildman–Crippen MR) is 45.3 cm³/mol. The van der Waals surface area contributed by atoms with Gasteiger partial charge in [-0.2, -0.15) is 5.26 Å². The van der Waals surface area contributed by atoms with Crippen molar-refractivity contribution in [1.82, 2.24) is 4.98 Å². The number of hydrogen-bond acceptors (Lipinski definition) is 4. The number of halogens is 1. The maximum atomic E-state index is 11.1. The van der Waals surface area contributed by atoms with Crippen molar-refractivity contribution in [2.45, 2.75) is 0 Å². The topological polar surface area (TPSA) is 63.0 Å². The summed E-state index contributed by atoms with van der Waals surface area (Å²) in [6, 6.07) is 1.81. The molecule has 1 aromatic heterocycles. The molecule has 0 saturated carbocycles. The van der Waals surface area contributed by atoms with Crippen LogP contribution in [0.4, 0.5) is 0 Å². The standard InChI is InChI=1S/C8H5ClN2O2/c1-13-8(12)6-3-11-4-7(9)5(6)2-10/h3-4H,1H3. The summed E-state index contributed by atoms with van der Waals surface area (Å²) in [6.07, 6.45) is 2.54. The molecule has 0 N–H and O–H groups in total. The molecule has 1 heterocycles. The first-order chi connectivity index (χ1) is 6.20. The molecule has 0 saturated heterocycles. The molecule has 5 heteroatoms. The number of ether oxygens (including phenoxy) is 1. The molecule has 0 unspecified atom stereocenters. The molecule has 0 fully saturated rings. The third kappa shape index (κ3) is 1.76. The van der Waals surface area contributed by atoms with Gasteiger partial charge in [0.1, 0.15) is 6.07 Å². The van der Waals surface area contributed by atoms with Gasteiger partial charge >= 0.3 is 5.97 Å². The molecule has 0 aliphatic carbocycles. The van der Waals surface area contributed by atoms with Crippen molar-refractivity contribution in [3.8, 4) is 6.07 Å². The van der Waals surface area contributed by atoms with E-state index >= 15 is 0 Å². The molecule has 4 nitrogen and oxygen atoms in total. The van der Waals surface area contributed by atoms with Crippen molar-refractivity contribution < 1.29 is 9.53 Å². The molecule has 0 atom stereocenters. The number of rotatable bonds is 1. The van der Waals surface area contributed by atoms with Gasteiger partial charge in [0, 0.05) is 12.4 Å². The van der Waals surface area contributed by atoms with Gasteiger partial charge in [0.25, 0.3) is 0 Å². The molecule has 1 aromatic rings. The fraction of sp³-hybridized carbons (Fsp3) is 0.125. The van der Waals surface area contributed by atoms with E-state index in [4.69, 9.17) is 16.9 Å². The lowest BCUT2D eigenvalue weighted by Crippen LogP contribution is -2.05. The van der Waals surface area contributed by atoms with Crippen LogP contribution < -0.4 is 0 Å². The Bertz CT molecular complexity index is 384. The van der Waals surface area contributed by atoms with E-state index in [1.165, 1.54) is 19.5 Å². The summed E-state index contributed by atoms with van der Waals surface area (Å²) < 4.78 is 4.45. The number of nitriles is 1. The van der Waals surface area contributed by atoms with Gasteiger partial charge in [0.2, 0.25) is 0 Å². The number of methoxy groups -OCH3 is 1. The average molecular weight is 197 g/mol. The smallest absolute Gasteiger partial charge is 0.340 e. The van der Waals surface area contributed by atoms with Gasteiger partial charge in [0.15, 0.2) is 0 Å². The molecular formula is C8H5ClN2O2. The van der Waals surface area contributed by atoms with Gasteiger partial charge in [-0.1, -0.05) is 11.6 Å². The zero-order chi connectivity index (χ0) is 9.84. The Morgan fingerprint density at radius 1 is 1.69 bits per heavy atom. The quantitative estimate of drug-likeness (QED) is 0.637. The van der Waals surface area contributed by atoms with Crippen LogP contribution in [0.2, 0.25) is 5.02 Å². The summed E-state index contributed by atoms with van der Waals surface area (Å²) in [7, 11) is 1.23. The number of pyridine rings is 1. The molecule has 13 heavy (non-hydrogen) atoms. The molecule has 0 aliphatic heterocycles. The van der Waals surface area contributed by atoms with Crippen molar-refractivity contribution >= 4 is 17.6 Å². The first-order valence-corrected chi connectivity index (χ1v) is 3.70. The molecular weight excluding hydrogens is 192 g/mol. The molecule has 0 spiro atoms. The molecule has 0 amide bonds. The van der Waals surface area contributed by atoms with Crippen molar-refractivity contribution in [2.75, 3.05) is 7.11 Å². The lowest BCUT2D eigenvalue weighted by atomic mass is 10.1. The van der Waals surface area contributed by atoms with E-state index in [2.05, 4.69) is 9.72 Å². The third-order valence-electron chi connectivity index (χ3n) is 1.42. The zero-order valence-corrected chi connectivity index (χ0v) is 7.50. The van der Waals surface area contributed by atoms with E-state index in [-0.39, 0.29) is 16.1 Å². The van der Waals surface area contributed by atoms with Crippen molar-refractivity contribution in [1.29, 1.82) is 5.26 Å². The molecule has 0 aliphatic rings. The molecule has 1 rings (SSSR count). The monoisotopic (exact) mass is 196 g/mol. The summed E-state index contributed by atoms with van der Waals surface area (Å²) in [5.41, 5.74) is 0.168. The van der Waals surface area contributed by atoms with Crippen LogP contribution in [0.1, 0.15) is 15.9 Å². The second kappa shape index (κ2) is 3.87. The number of aromatic nitrogens is 1. The summed E-state index contributed by atoms with van der Waals surface area (Å²) in [5, 5.41) is 8.82. The van der Waals surface area contributed by atoms with E-state index in [1.807, 2.05) is 0 Å². The van der Waals surface area contributed by atoms with E-state index < -0.39 is 5.97 Å². The fourth-order valence-corrected chi connectivity index (χ4v) is 1.01. The minimum Gasteiger partial charge on any atom is -0.465 e. The Morgan fingerprint density at radius 2 is 2.38 bits per heavy atom. The maximum absolute atomic E-state index is 11.1. The Kier molecular flexibility index (Phi) is 2.83. The van der Waals surface area contributed by atoms with Gasteiger partial charge in [-0.15, -0.1) is 0 Å². The van der Waals surface area contributed by atoms with E-state index in [0.29, 0.717) is 0 Å². The van der Waals surface area contributed by atoms with Crippen molar-refractivity contribution in [3.05, 3.63) is 28.5 Å². The number of hydrogen-bond donors (Lipinski definition) is 0. The van der Waals surface area contributed by atoms with Crippen LogP contribution in [0.5, 0.6) is 0 Å². The summed E-state index contributed by atoms with van der Waals surface area (Å²) in [6.45, 7) is 0. The summed E-state index contributed by atoms with van der Waals surface area (Å²) >= 11 is 5.64. The van der Waals surface area contributed by atoms with Gasteiger partial charge in [-0.3, -0.25) is 4.98 Å². The highest BCUT2D eigenvalue weighted by molar-refractivity contribution is 6.32. The van der Waals surface area contributed by atoms with E-state index in [0.717, 1.165) is 0 Å². The molecule has 66 valence electrons. The Balaban J connectivity index is 3.30. The summed E-state index contributed by atoms with van der Waals surface area (Å²) in [5.74, 6) is -0.619. The highest BCUT2D eigenvalue weighted by atomic mass is 35.5. The molecule has 0 radical (unpaired) electrons. The van der Waals surface area contributed by atoms with Crippen molar-refractivity contribution in [3.63, 3.8) is 0 Å². The van der Waals surface area contributed by atoms with E-state index in [1.54, 1.807) is 6.07 Å². The zero-order valence-electron chi connectivity index (χ0n) is 6.74. The van der Waals surface area contributed by atoms with Crippen LogP contribution in [0.25, 0.3) is 0 Å². The van der Waals surface area contributed by atoms with Gasteiger partial charge < -0.3 is 4.74 Å². The minimum atomic E-state index is -0.619. The lowest BCUT2D eigenvalue weighted by molar-refractivity contribution is 0.0600. The Hall–Kier alpha value is -1.60. The maximum Gasteiger partial charge on any atom is 0.340 e. The third-order valence-corrected chi connectivity index (χ3v) is 1.70. The second-order valence-electron chi connectivity index (χ2n) is 2.15. The normalized spacial score (nSPS) is 9.00. The number of carbonyl (C=O) groups is 1. The fourth-order valence-electron chi connectivity index (χ4n) is 0.813. The second-order valence-corrected chi connectivity index (χ2v) is 2.55. The summed E-state index contributed by atoms with van der Waals surface area (Å²) in [4.78, 5) is 14.8. The predicted octanol–water partition coefficient (Wildman–Crippen LogP) is 1.39. The minimum absolute atomic E-state index is 0.0810. The van der Waals surface area contributed by atoms with Gasteiger partial charge in [-0.05, 0) is 0 Å². The number of carbonyl (C=O) groups excluding carboxylic acids is 1. The van der Waals surface area contributed by atoms with Gasteiger partial charge in [-0.25, -0.2) is 4.79 Å². The highest BCUT2D eigenvalue weighted by Crippen LogP contribution is 2.17. The lowest BCUT2D eigenvalue weighted by Gasteiger charge is -2.01. The van der Waals surface area contributed by atoms with Gasteiger partial charge in [0.05, 0.1) is 23.3 Å². The first kappa shape index (κ1) is 9.49. The Morgan fingerprint density at radius 3 is 2.92 bits per heavy atom. The van der Waals surface area contributed by atoms with Crippen LogP contribution in [0.3, 0.4) is 0 Å². The molecule has 0 aromatic carbocycles. The first-order valence-electron chi connectivity index (χ1n) is 3.32. The Labute approximate surface area is 79.7 Å². The highest BCUT2D eigenvalue weighted by Gasteiger charge is 2.14. The van der Waals surface area contributed by atoms with E-state index in [9.17, 15) is 4.79 Å². The van der Waals surface area contributed by atoms with Crippen LogP contribution in [0.15, 0.2) is 12.4 Å². The average Bonchev–Trinajstić information content (AvgIpc) is 2.16. The van der Waals surface area contributed by atoms with Crippen LogP contribution in [-0.4, -0.2) is 18.1 Å². The van der Waals surface area contributed by atoms with Crippen LogP contribution >= 0.6 is 11.6 Å². The SMILES string of the molecule is COC(=O)c1cncc(Cl)c1C#N.